The van der Waals surface area contributed by atoms with Crippen LogP contribution in [0, 0.1) is 4.91 Å². The van der Waals surface area contributed by atoms with Crippen LogP contribution in [0.4, 0.5) is 0 Å². The molecule has 1 amide bonds. The molecule has 2 heterocycles. The molecule has 0 aliphatic carbocycles. The Balaban J connectivity index is 2.26. The fraction of sp³-hybridized carbons (Fsp3) is 0.294. The van der Waals surface area contributed by atoms with E-state index in [4.69, 9.17) is 9.47 Å². The number of hydrogen-bond acceptors (Lipinski definition) is 5. The van der Waals surface area contributed by atoms with Crippen molar-refractivity contribution in [1.82, 2.24) is 4.57 Å². The summed E-state index contributed by atoms with van der Waals surface area (Å²) in [5.41, 5.74) is 1.78. The van der Waals surface area contributed by atoms with Crippen LogP contribution in [0.5, 0.6) is 11.5 Å². The van der Waals surface area contributed by atoms with Gasteiger partial charge in [-0.05, 0) is 23.6 Å². The van der Waals surface area contributed by atoms with Gasteiger partial charge in [-0.3, -0.25) is 9.59 Å². The summed E-state index contributed by atoms with van der Waals surface area (Å²) in [6.07, 6.45) is 1.40. The van der Waals surface area contributed by atoms with Gasteiger partial charge in [-0.25, -0.2) is 0 Å². The second kappa shape index (κ2) is 5.92. The number of fused-ring (bicyclic) bond motifs is 3. The molecule has 7 nitrogen and oxygen atoms in total. The van der Waals surface area contributed by atoms with Crippen LogP contribution in [0.1, 0.15) is 28.8 Å². The smallest absolute Gasteiger partial charge is 0.322 e. The van der Waals surface area contributed by atoms with E-state index in [-0.39, 0.29) is 11.5 Å². The average molecular weight is 328 g/mol. The number of methoxy groups -OCH3 is 2. The van der Waals surface area contributed by atoms with Gasteiger partial charge in [-0.2, -0.15) is 0 Å². The second-order valence-electron chi connectivity index (χ2n) is 5.68. The van der Waals surface area contributed by atoms with Gasteiger partial charge in [-0.15, -0.1) is 4.91 Å². The minimum absolute atomic E-state index is 0.127. The molecule has 0 fully saturated rings. The Morgan fingerprint density at radius 3 is 2.50 bits per heavy atom. The van der Waals surface area contributed by atoms with Crippen LogP contribution >= 0.6 is 0 Å². The first-order valence-corrected chi connectivity index (χ1v) is 7.38. The van der Waals surface area contributed by atoms with Crippen LogP contribution in [-0.2, 0) is 6.54 Å². The van der Waals surface area contributed by atoms with Crippen molar-refractivity contribution >= 4 is 5.91 Å². The molecular formula is C17H16N2O5. The van der Waals surface area contributed by atoms with Gasteiger partial charge in [0.15, 0.2) is 16.9 Å². The number of nitrogens with zero attached hydrogens (tertiary/aromatic N) is 2. The van der Waals surface area contributed by atoms with Gasteiger partial charge in [0, 0.05) is 29.5 Å². The number of aromatic nitrogens is 1. The Morgan fingerprint density at radius 1 is 1.21 bits per heavy atom. The van der Waals surface area contributed by atoms with Crippen LogP contribution < -0.4 is 14.9 Å². The Morgan fingerprint density at radius 2 is 1.88 bits per heavy atom. The Labute approximate surface area is 137 Å². The highest BCUT2D eigenvalue weighted by molar-refractivity contribution is 5.94. The van der Waals surface area contributed by atoms with Gasteiger partial charge in [0.1, 0.15) is 5.56 Å². The molecule has 2 aromatic rings. The number of pyridine rings is 1. The lowest BCUT2D eigenvalue weighted by Crippen LogP contribution is -2.23. The summed E-state index contributed by atoms with van der Waals surface area (Å²) in [7, 11) is 3.11. The lowest BCUT2D eigenvalue weighted by Gasteiger charge is -2.28. The van der Waals surface area contributed by atoms with Gasteiger partial charge in [-0.1, -0.05) is 6.92 Å². The predicted molar refractivity (Wildman–Crippen MR) is 87.8 cm³/mol. The molecule has 1 aromatic carbocycles. The van der Waals surface area contributed by atoms with Crippen LogP contribution in [0.25, 0.3) is 11.3 Å². The molecule has 1 aromatic heterocycles. The predicted octanol–water partition coefficient (Wildman–Crippen LogP) is 2.56. The van der Waals surface area contributed by atoms with E-state index in [1.807, 2.05) is 19.1 Å². The van der Waals surface area contributed by atoms with Crippen LogP contribution in [0.2, 0.25) is 0 Å². The summed E-state index contributed by atoms with van der Waals surface area (Å²) in [5.74, 6) is 0.248. The van der Waals surface area contributed by atoms with E-state index in [0.29, 0.717) is 23.7 Å². The van der Waals surface area contributed by atoms with Crippen molar-refractivity contribution in [3.05, 3.63) is 50.7 Å². The molecule has 124 valence electrons. The normalized spacial score (nSPS) is 15.2. The second-order valence-corrected chi connectivity index (χ2v) is 5.68. The summed E-state index contributed by atoms with van der Waals surface area (Å²) >= 11 is 0. The third-order valence-electron chi connectivity index (χ3n) is 4.27. The molecule has 0 N–H and O–H groups in total. The molecule has 0 radical (unpaired) electrons. The van der Waals surface area contributed by atoms with Crippen molar-refractivity contribution in [2.45, 2.75) is 19.4 Å². The van der Waals surface area contributed by atoms with Crippen molar-refractivity contribution in [3.63, 3.8) is 0 Å². The molecule has 0 spiro atoms. The Kier molecular flexibility index (Phi) is 3.92. The SMILES string of the molecule is COc1cc2c(cc1OC)C(C)Cn1cc(C(=O)N=O)c(=O)cc1-2. The fourth-order valence-electron chi connectivity index (χ4n) is 3.08. The minimum atomic E-state index is -1.05. The molecule has 0 bridgehead atoms. The van der Waals surface area contributed by atoms with Crippen LogP contribution in [0.15, 0.2) is 34.4 Å². The van der Waals surface area contributed by atoms with Crippen molar-refractivity contribution in [2.75, 3.05) is 14.2 Å². The molecule has 7 heteroatoms. The zero-order valence-electron chi connectivity index (χ0n) is 13.5. The van der Waals surface area contributed by atoms with E-state index >= 15 is 0 Å². The Hall–Kier alpha value is -2.96. The molecule has 1 aliphatic rings. The van der Waals surface area contributed by atoms with E-state index in [2.05, 4.69) is 5.18 Å². The lowest BCUT2D eigenvalue weighted by atomic mass is 9.89. The summed E-state index contributed by atoms with van der Waals surface area (Å²) in [4.78, 5) is 34.1. The van der Waals surface area contributed by atoms with Crippen molar-refractivity contribution in [3.8, 4) is 22.8 Å². The molecule has 24 heavy (non-hydrogen) atoms. The maximum Gasteiger partial charge on any atom is 0.322 e. The minimum Gasteiger partial charge on any atom is -0.493 e. The number of nitroso groups, excluding NO2 is 1. The fourth-order valence-corrected chi connectivity index (χ4v) is 3.08. The van der Waals surface area contributed by atoms with Gasteiger partial charge >= 0.3 is 5.91 Å². The van der Waals surface area contributed by atoms with Crippen molar-refractivity contribution in [2.24, 2.45) is 5.18 Å². The quantitative estimate of drug-likeness (QED) is 0.808. The van der Waals surface area contributed by atoms with Gasteiger partial charge in [0.05, 0.1) is 19.9 Å². The molecular weight excluding hydrogens is 312 g/mol. The van der Waals surface area contributed by atoms with Crippen LogP contribution in [-0.4, -0.2) is 24.7 Å². The summed E-state index contributed by atoms with van der Waals surface area (Å²) in [6, 6.07) is 5.07. The monoisotopic (exact) mass is 328 g/mol. The van der Waals surface area contributed by atoms with Gasteiger partial charge < -0.3 is 14.0 Å². The average Bonchev–Trinajstić information content (AvgIpc) is 2.60. The standard InChI is InChI=1S/C17H16N2O5/c1-9-7-19-8-12(17(21)18-22)14(20)6-13(19)11-5-16(24-3)15(23-2)4-10(9)11/h4-6,8-9H,7H2,1-3H3. The summed E-state index contributed by atoms with van der Waals surface area (Å²) in [5, 5.41) is 2.34. The number of benzene rings is 1. The topological polar surface area (TPSA) is 87.0 Å². The molecule has 1 aliphatic heterocycles. The van der Waals surface area contributed by atoms with E-state index in [1.54, 1.807) is 18.8 Å². The zero-order valence-corrected chi connectivity index (χ0v) is 13.5. The first-order valence-electron chi connectivity index (χ1n) is 7.38. The number of ether oxygens (including phenoxy) is 2. The highest BCUT2D eigenvalue weighted by atomic mass is 16.5. The number of rotatable bonds is 3. The first kappa shape index (κ1) is 15.9. The van der Waals surface area contributed by atoms with E-state index in [9.17, 15) is 14.5 Å². The number of carbonyl (C=O) groups is 1. The summed E-state index contributed by atoms with van der Waals surface area (Å²) < 4.78 is 12.5. The van der Waals surface area contributed by atoms with E-state index in [1.165, 1.54) is 12.3 Å². The number of carbonyl (C=O) groups excluding carboxylic acids is 1. The molecule has 0 saturated heterocycles. The number of amides is 1. The zero-order chi connectivity index (χ0) is 17.4. The largest absolute Gasteiger partial charge is 0.493 e. The third-order valence-corrected chi connectivity index (χ3v) is 4.27. The maximum atomic E-state index is 12.2. The number of hydrogen-bond donors (Lipinski definition) is 0. The Bertz CT molecular complexity index is 901. The summed E-state index contributed by atoms with van der Waals surface area (Å²) in [6.45, 7) is 2.60. The third kappa shape index (κ3) is 2.38. The molecule has 3 rings (SSSR count). The lowest BCUT2D eigenvalue weighted by molar-refractivity contribution is 0.0999. The molecule has 1 unspecified atom stereocenters. The highest BCUT2D eigenvalue weighted by Crippen LogP contribution is 2.42. The maximum absolute atomic E-state index is 12.2. The van der Waals surface area contributed by atoms with Crippen molar-refractivity contribution < 1.29 is 14.3 Å². The molecule has 0 saturated carbocycles. The van der Waals surface area contributed by atoms with Gasteiger partial charge in [0.2, 0.25) is 0 Å². The van der Waals surface area contributed by atoms with Crippen LogP contribution in [0.3, 0.4) is 0 Å². The van der Waals surface area contributed by atoms with Crippen molar-refractivity contribution in [1.29, 1.82) is 0 Å². The van der Waals surface area contributed by atoms with E-state index < -0.39 is 11.3 Å². The molecule has 1 atom stereocenters. The van der Waals surface area contributed by atoms with E-state index in [0.717, 1.165) is 11.1 Å². The highest BCUT2D eigenvalue weighted by Gasteiger charge is 2.26. The first-order chi connectivity index (χ1) is 11.5. The van der Waals surface area contributed by atoms with Gasteiger partial charge in [0.25, 0.3) is 0 Å².